The number of carboxylic acid groups (broad SMARTS) is 1. The fourth-order valence-electron chi connectivity index (χ4n) is 6.61. The molecule has 0 radical (unpaired) electrons. The minimum absolute atomic E-state index is 0.375. The second kappa shape index (κ2) is 9.44. The summed E-state index contributed by atoms with van der Waals surface area (Å²) in [5.41, 5.74) is 8.23. The third-order valence-electron chi connectivity index (χ3n) is 8.63. The summed E-state index contributed by atoms with van der Waals surface area (Å²) < 4.78 is 4.93. The minimum atomic E-state index is -0.855. The third-order valence-corrected chi connectivity index (χ3v) is 8.63. The predicted molar refractivity (Wildman–Crippen MR) is 147 cm³/mol. The Kier molecular flexibility index (Phi) is 6.12. The summed E-state index contributed by atoms with van der Waals surface area (Å²) in [6.07, 6.45) is 10.8. The van der Waals surface area contributed by atoms with Crippen molar-refractivity contribution in [3.8, 4) is 11.3 Å². The van der Waals surface area contributed by atoms with E-state index in [1.165, 1.54) is 70.8 Å². The highest BCUT2D eigenvalue weighted by molar-refractivity contribution is 6.03. The van der Waals surface area contributed by atoms with Gasteiger partial charge in [0.2, 0.25) is 0 Å². The largest absolute Gasteiger partial charge is 0.478 e. The van der Waals surface area contributed by atoms with Crippen molar-refractivity contribution in [2.45, 2.75) is 90.4 Å². The fourth-order valence-corrected chi connectivity index (χ4v) is 6.61. The smallest absolute Gasteiger partial charge is 0.335 e. The van der Waals surface area contributed by atoms with E-state index < -0.39 is 5.97 Å². The van der Waals surface area contributed by atoms with Crippen molar-refractivity contribution in [2.75, 3.05) is 0 Å². The van der Waals surface area contributed by atoms with Gasteiger partial charge in [0, 0.05) is 53.7 Å². The molecule has 1 fully saturated rings. The third kappa shape index (κ3) is 3.85. The normalized spacial score (nSPS) is 17.2. The number of aryl methyl sites for hydroxylation is 2. The minimum Gasteiger partial charge on any atom is -0.478 e. The number of carbonyl (C=O) groups is 1. The van der Waals surface area contributed by atoms with Crippen molar-refractivity contribution in [2.24, 2.45) is 0 Å². The molecule has 1 unspecified atom stereocenters. The monoisotopic (exact) mass is 483 g/mol. The van der Waals surface area contributed by atoms with Crippen molar-refractivity contribution in [3.63, 3.8) is 0 Å². The van der Waals surface area contributed by atoms with Crippen LogP contribution in [0.3, 0.4) is 0 Å². The van der Waals surface area contributed by atoms with E-state index >= 15 is 0 Å². The van der Waals surface area contributed by atoms with Gasteiger partial charge in [-0.2, -0.15) is 0 Å². The first-order valence-corrected chi connectivity index (χ1v) is 13.8. The van der Waals surface area contributed by atoms with Crippen molar-refractivity contribution in [3.05, 3.63) is 59.3 Å². The van der Waals surface area contributed by atoms with Gasteiger partial charge in [-0.1, -0.05) is 50.5 Å². The molecule has 0 amide bonds. The standard InChI is InChI=1S/C31H37N3O2/c1-3-20(2)32-18-23-19-33-15-8-16-34-27-17-22(31(35)36)13-14-25(27)28(21-9-5-4-6-10-21)30(34)26-12-7-11-24(23)29(26)33/h7,11-14,17,19-21,32H,3-6,8-10,15-16,18H2,1-2H3,(H,35,36). The number of benzene rings is 2. The highest BCUT2D eigenvalue weighted by Gasteiger charge is 2.29. The lowest BCUT2D eigenvalue weighted by Gasteiger charge is -2.25. The summed E-state index contributed by atoms with van der Waals surface area (Å²) in [5.74, 6) is -0.329. The molecule has 2 aliphatic rings. The van der Waals surface area contributed by atoms with Gasteiger partial charge in [-0.3, -0.25) is 0 Å². The van der Waals surface area contributed by atoms with Gasteiger partial charge in [-0.15, -0.1) is 0 Å². The average Bonchev–Trinajstić information content (AvgIpc) is 3.41. The molecule has 1 atom stereocenters. The maximum Gasteiger partial charge on any atom is 0.335 e. The Morgan fingerprint density at radius 1 is 1.08 bits per heavy atom. The molecule has 188 valence electrons. The van der Waals surface area contributed by atoms with E-state index in [9.17, 15) is 9.90 Å². The van der Waals surface area contributed by atoms with Gasteiger partial charge in [0.25, 0.3) is 0 Å². The van der Waals surface area contributed by atoms with E-state index in [4.69, 9.17) is 0 Å². The molecule has 5 nitrogen and oxygen atoms in total. The maximum absolute atomic E-state index is 11.9. The molecule has 2 aromatic heterocycles. The van der Waals surface area contributed by atoms with Gasteiger partial charge in [-0.25, -0.2) is 4.79 Å². The van der Waals surface area contributed by atoms with Crippen molar-refractivity contribution in [1.82, 2.24) is 14.5 Å². The zero-order chi connectivity index (χ0) is 24.8. The van der Waals surface area contributed by atoms with E-state index in [-0.39, 0.29) is 0 Å². The van der Waals surface area contributed by atoms with Crippen LogP contribution in [0.25, 0.3) is 33.1 Å². The van der Waals surface area contributed by atoms with E-state index in [0.717, 1.165) is 38.0 Å². The SMILES string of the molecule is CCC(C)NCc1cn2c3c(cccc13)-c1c(C3CCCCC3)c3ccc(C(=O)O)cc3n1CCC2. The van der Waals surface area contributed by atoms with Crippen LogP contribution in [0.5, 0.6) is 0 Å². The number of carboxylic acids is 1. The Bertz CT molecular complexity index is 1440. The first kappa shape index (κ1) is 23.4. The van der Waals surface area contributed by atoms with Crippen LogP contribution in [0.2, 0.25) is 0 Å². The van der Waals surface area contributed by atoms with Crippen LogP contribution in [0, 0.1) is 0 Å². The van der Waals surface area contributed by atoms with E-state index in [1.807, 2.05) is 6.07 Å². The number of fused-ring (bicyclic) bond motifs is 4. The van der Waals surface area contributed by atoms with Gasteiger partial charge in [-0.05, 0) is 61.8 Å². The first-order valence-electron chi connectivity index (χ1n) is 13.8. The number of hydrogen-bond donors (Lipinski definition) is 2. The van der Waals surface area contributed by atoms with Crippen LogP contribution >= 0.6 is 0 Å². The fraction of sp³-hybridized carbons (Fsp3) is 0.452. The Labute approximate surface area is 213 Å². The molecule has 4 aromatic rings. The summed E-state index contributed by atoms with van der Waals surface area (Å²) in [6, 6.07) is 13.1. The molecule has 2 aromatic carbocycles. The van der Waals surface area contributed by atoms with Gasteiger partial charge < -0.3 is 19.6 Å². The lowest BCUT2D eigenvalue weighted by atomic mass is 9.81. The summed E-state index contributed by atoms with van der Waals surface area (Å²) in [5, 5.41) is 16.0. The Morgan fingerprint density at radius 3 is 2.69 bits per heavy atom. The number of aromatic carboxylic acids is 1. The number of nitrogens with one attached hydrogen (secondary N) is 1. The molecule has 1 aliphatic heterocycles. The van der Waals surface area contributed by atoms with Crippen molar-refractivity contribution < 1.29 is 9.90 Å². The van der Waals surface area contributed by atoms with Gasteiger partial charge in [0.05, 0.1) is 16.8 Å². The highest BCUT2D eigenvalue weighted by atomic mass is 16.4. The Morgan fingerprint density at radius 2 is 1.92 bits per heavy atom. The van der Waals surface area contributed by atoms with Gasteiger partial charge in [0.15, 0.2) is 0 Å². The molecule has 36 heavy (non-hydrogen) atoms. The van der Waals surface area contributed by atoms with Crippen LogP contribution in [-0.2, 0) is 19.6 Å². The number of para-hydroxylation sites is 1. The first-order chi connectivity index (χ1) is 17.6. The molecule has 1 aliphatic carbocycles. The van der Waals surface area contributed by atoms with Gasteiger partial charge in [0.1, 0.15) is 0 Å². The summed E-state index contributed by atoms with van der Waals surface area (Å²) in [7, 11) is 0. The number of nitrogens with zero attached hydrogens (tertiary/aromatic N) is 2. The molecule has 6 rings (SSSR count). The Hall–Kier alpha value is -3.05. The van der Waals surface area contributed by atoms with Crippen LogP contribution in [0.15, 0.2) is 42.6 Å². The van der Waals surface area contributed by atoms with E-state index in [0.29, 0.717) is 17.5 Å². The maximum atomic E-state index is 11.9. The van der Waals surface area contributed by atoms with Crippen LogP contribution in [-0.4, -0.2) is 26.3 Å². The second-order valence-electron chi connectivity index (χ2n) is 10.9. The van der Waals surface area contributed by atoms with E-state index in [2.05, 4.69) is 58.8 Å². The van der Waals surface area contributed by atoms with Crippen LogP contribution in [0.1, 0.15) is 86.2 Å². The molecule has 0 spiro atoms. The zero-order valence-corrected chi connectivity index (χ0v) is 21.5. The quantitative estimate of drug-likeness (QED) is 0.302. The molecule has 3 heterocycles. The summed E-state index contributed by atoms with van der Waals surface area (Å²) in [4.78, 5) is 11.9. The number of hydrogen-bond acceptors (Lipinski definition) is 2. The van der Waals surface area contributed by atoms with E-state index in [1.54, 1.807) is 6.07 Å². The van der Waals surface area contributed by atoms with Gasteiger partial charge >= 0.3 is 5.97 Å². The molecule has 5 heteroatoms. The molecule has 0 bridgehead atoms. The lowest BCUT2D eigenvalue weighted by Crippen LogP contribution is -2.24. The Balaban J connectivity index is 1.61. The van der Waals surface area contributed by atoms with Crippen LogP contribution in [0.4, 0.5) is 0 Å². The number of rotatable bonds is 6. The lowest BCUT2D eigenvalue weighted by molar-refractivity contribution is 0.0697. The van der Waals surface area contributed by atoms with Crippen molar-refractivity contribution in [1.29, 1.82) is 0 Å². The highest BCUT2D eigenvalue weighted by Crippen LogP contribution is 2.46. The molecular formula is C31H37N3O2. The molecular weight excluding hydrogens is 446 g/mol. The average molecular weight is 484 g/mol. The predicted octanol–water partition coefficient (Wildman–Crippen LogP) is 7.30. The number of aromatic nitrogens is 2. The topological polar surface area (TPSA) is 59.2 Å². The van der Waals surface area contributed by atoms with Crippen LogP contribution < -0.4 is 5.32 Å². The summed E-state index contributed by atoms with van der Waals surface area (Å²) in [6.45, 7) is 7.22. The van der Waals surface area contributed by atoms with Crippen molar-refractivity contribution >= 4 is 27.8 Å². The second-order valence-corrected chi connectivity index (χ2v) is 10.9. The molecule has 2 N–H and O–H groups in total. The summed E-state index contributed by atoms with van der Waals surface area (Å²) >= 11 is 0. The molecule has 0 saturated heterocycles. The zero-order valence-electron chi connectivity index (χ0n) is 21.5. The molecule has 1 saturated carbocycles.